The largest absolute Gasteiger partial charge is 0.355 e. The minimum atomic E-state index is -0.784. The molecule has 1 saturated carbocycles. The Kier molecular flexibility index (Phi) is 5.65. The Hall–Kier alpha value is -1.59. The monoisotopic (exact) mass is 323 g/mol. The van der Waals surface area contributed by atoms with E-state index in [-0.39, 0.29) is 24.3 Å². The molecular formula is C17H29N3O3. The fraction of sp³-hybridized carbons (Fsp3) is 0.824. The third-order valence-electron chi connectivity index (χ3n) is 5.08. The van der Waals surface area contributed by atoms with Gasteiger partial charge >= 0.3 is 6.03 Å². The minimum Gasteiger partial charge on any atom is -0.355 e. The van der Waals surface area contributed by atoms with Crippen molar-refractivity contribution < 1.29 is 14.4 Å². The summed E-state index contributed by atoms with van der Waals surface area (Å²) < 4.78 is 0. The second-order valence-corrected chi connectivity index (χ2v) is 7.33. The molecule has 2 N–H and O–H groups in total. The highest BCUT2D eigenvalue weighted by Crippen LogP contribution is 2.38. The quantitative estimate of drug-likeness (QED) is 0.580. The molecule has 2 aliphatic rings. The highest BCUT2D eigenvalue weighted by molar-refractivity contribution is 6.09. The molecule has 6 heteroatoms. The van der Waals surface area contributed by atoms with Gasteiger partial charge in [0.05, 0.1) is 0 Å². The van der Waals surface area contributed by atoms with E-state index in [9.17, 15) is 14.4 Å². The number of hydrogen-bond acceptors (Lipinski definition) is 3. The number of carbonyl (C=O) groups is 3. The lowest BCUT2D eigenvalue weighted by Crippen LogP contribution is -2.54. The Morgan fingerprint density at radius 3 is 2.78 bits per heavy atom. The van der Waals surface area contributed by atoms with E-state index in [2.05, 4.69) is 24.5 Å². The van der Waals surface area contributed by atoms with Crippen LogP contribution < -0.4 is 10.6 Å². The number of carbonyl (C=O) groups excluding carboxylic acids is 3. The third-order valence-corrected chi connectivity index (χ3v) is 5.08. The average molecular weight is 323 g/mol. The Morgan fingerprint density at radius 2 is 2.13 bits per heavy atom. The first-order valence-corrected chi connectivity index (χ1v) is 8.77. The SMILES string of the molecule is CC(C)CCCNC(=O)CN1C(=O)N[C@@]2(CCCC[C@H]2C)C1=O. The molecule has 2 rings (SSSR count). The summed E-state index contributed by atoms with van der Waals surface area (Å²) in [5.74, 6) is 0.224. The van der Waals surface area contributed by atoms with Gasteiger partial charge in [-0.15, -0.1) is 0 Å². The molecule has 1 spiro atoms. The molecular weight excluding hydrogens is 294 g/mol. The summed E-state index contributed by atoms with van der Waals surface area (Å²) in [4.78, 5) is 38.0. The molecule has 1 aliphatic carbocycles. The van der Waals surface area contributed by atoms with Crippen LogP contribution in [0.3, 0.4) is 0 Å². The predicted octanol–water partition coefficient (Wildman–Crippen LogP) is 2.04. The Bertz CT molecular complexity index is 478. The molecule has 0 aromatic heterocycles. The van der Waals surface area contributed by atoms with Gasteiger partial charge in [0.15, 0.2) is 0 Å². The van der Waals surface area contributed by atoms with E-state index >= 15 is 0 Å². The number of rotatable bonds is 6. The van der Waals surface area contributed by atoms with E-state index in [4.69, 9.17) is 0 Å². The zero-order valence-corrected chi connectivity index (χ0v) is 14.5. The van der Waals surface area contributed by atoms with Crippen molar-refractivity contribution >= 4 is 17.8 Å². The molecule has 6 nitrogen and oxygen atoms in total. The predicted molar refractivity (Wildman–Crippen MR) is 87.7 cm³/mol. The first-order chi connectivity index (χ1) is 10.9. The third kappa shape index (κ3) is 3.85. The van der Waals surface area contributed by atoms with Crippen LogP contribution in [0.15, 0.2) is 0 Å². The van der Waals surface area contributed by atoms with Crippen LogP contribution in [-0.4, -0.2) is 41.4 Å². The fourth-order valence-corrected chi connectivity index (χ4v) is 3.58. The van der Waals surface area contributed by atoms with Crippen molar-refractivity contribution in [1.29, 1.82) is 0 Å². The van der Waals surface area contributed by atoms with Crippen molar-refractivity contribution in [2.75, 3.05) is 13.1 Å². The number of urea groups is 1. The summed E-state index contributed by atoms with van der Waals surface area (Å²) in [7, 11) is 0. The molecule has 0 radical (unpaired) electrons. The van der Waals surface area contributed by atoms with E-state index in [1.165, 1.54) is 0 Å². The summed E-state index contributed by atoms with van der Waals surface area (Å²) in [6.07, 6.45) is 5.58. The summed E-state index contributed by atoms with van der Waals surface area (Å²) in [5, 5.41) is 5.66. The molecule has 130 valence electrons. The van der Waals surface area contributed by atoms with Gasteiger partial charge in [-0.05, 0) is 37.5 Å². The molecule has 4 amide bonds. The van der Waals surface area contributed by atoms with Crippen LogP contribution in [0.2, 0.25) is 0 Å². The Balaban J connectivity index is 1.89. The smallest absolute Gasteiger partial charge is 0.325 e. The molecule has 2 fully saturated rings. The van der Waals surface area contributed by atoms with E-state index in [1.54, 1.807) is 0 Å². The van der Waals surface area contributed by atoms with Gasteiger partial charge in [-0.2, -0.15) is 0 Å². The number of hydrogen-bond donors (Lipinski definition) is 2. The van der Waals surface area contributed by atoms with Gasteiger partial charge in [-0.3, -0.25) is 14.5 Å². The molecule has 0 aromatic carbocycles. The maximum Gasteiger partial charge on any atom is 0.325 e. The molecule has 1 heterocycles. The van der Waals surface area contributed by atoms with Crippen LogP contribution in [0.1, 0.15) is 59.3 Å². The maximum absolute atomic E-state index is 12.7. The van der Waals surface area contributed by atoms with Crippen molar-refractivity contribution in [2.45, 2.75) is 64.8 Å². The summed E-state index contributed by atoms with van der Waals surface area (Å²) in [6, 6.07) is -0.430. The Labute approximate surface area is 138 Å². The van der Waals surface area contributed by atoms with Crippen LogP contribution in [0.25, 0.3) is 0 Å². The van der Waals surface area contributed by atoms with Gasteiger partial charge in [0.25, 0.3) is 5.91 Å². The molecule has 2 atom stereocenters. The minimum absolute atomic E-state index is 0.117. The van der Waals surface area contributed by atoms with Gasteiger partial charge in [-0.1, -0.05) is 33.6 Å². The summed E-state index contributed by atoms with van der Waals surface area (Å²) in [6.45, 7) is 6.69. The Morgan fingerprint density at radius 1 is 1.39 bits per heavy atom. The first kappa shape index (κ1) is 17.8. The van der Waals surface area contributed by atoms with Gasteiger partial charge in [0.1, 0.15) is 12.1 Å². The zero-order valence-electron chi connectivity index (χ0n) is 14.5. The van der Waals surface area contributed by atoms with E-state index in [1.807, 2.05) is 6.92 Å². The van der Waals surface area contributed by atoms with Crippen LogP contribution >= 0.6 is 0 Å². The van der Waals surface area contributed by atoms with E-state index in [0.717, 1.165) is 37.0 Å². The second kappa shape index (κ2) is 7.32. The molecule has 23 heavy (non-hydrogen) atoms. The van der Waals surface area contributed by atoms with E-state index in [0.29, 0.717) is 18.9 Å². The zero-order chi connectivity index (χ0) is 17.0. The lowest BCUT2D eigenvalue weighted by atomic mass is 9.73. The average Bonchev–Trinajstić information content (AvgIpc) is 2.72. The summed E-state index contributed by atoms with van der Waals surface area (Å²) in [5.41, 5.74) is -0.784. The number of nitrogens with zero attached hydrogens (tertiary/aromatic N) is 1. The van der Waals surface area contributed by atoms with Crippen molar-refractivity contribution in [3.05, 3.63) is 0 Å². The molecule has 0 unspecified atom stereocenters. The molecule has 1 saturated heterocycles. The topological polar surface area (TPSA) is 78.5 Å². The van der Waals surface area contributed by atoms with Crippen molar-refractivity contribution in [1.82, 2.24) is 15.5 Å². The summed E-state index contributed by atoms with van der Waals surface area (Å²) >= 11 is 0. The number of nitrogens with one attached hydrogen (secondary N) is 2. The van der Waals surface area contributed by atoms with Crippen LogP contribution in [0.4, 0.5) is 4.79 Å². The highest BCUT2D eigenvalue weighted by atomic mass is 16.2. The fourth-order valence-electron chi connectivity index (χ4n) is 3.58. The van der Waals surface area contributed by atoms with Gasteiger partial charge in [0.2, 0.25) is 5.91 Å². The van der Waals surface area contributed by atoms with Gasteiger partial charge < -0.3 is 10.6 Å². The lowest BCUT2D eigenvalue weighted by molar-refractivity contribution is -0.137. The first-order valence-electron chi connectivity index (χ1n) is 8.77. The molecule has 0 bridgehead atoms. The number of imide groups is 1. The van der Waals surface area contributed by atoms with Gasteiger partial charge in [0, 0.05) is 6.54 Å². The lowest BCUT2D eigenvalue weighted by Gasteiger charge is -2.36. The van der Waals surface area contributed by atoms with Gasteiger partial charge in [-0.25, -0.2) is 4.79 Å². The van der Waals surface area contributed by atoms with Crippen molar-refractivity contribution in [2.24, 2.45) is 11.8 Å². The standard InChI is InChI=1S/C17H29N3O3/c1-12(2)7-6-10-18-14(21)11-20-15(22)17(19-16(20)23)9-5-4-8-13(17)3/h12-13H,4-11H2,1-3H3,(H,18,21)(H,19,23)/t13-,17-/m1/s1. The van der Waals surface area contributed by atoms with Crippen molar-refractivity contribution in [3.63, 3.8) is 0 Å². The highest BCUT2D eigenvalue weighted by Gasteiger charge is 2.55. The molecule has 1 aliphatic heterocycles. The van der Waals surface area contributed by atoms with Crippen LogP contribution in [0.5, 0.6) is 0 Å². The van der Waals surface area contributed by atoms with Crippen molar-refractivity contribution in [3.8, 4) is 0 Å². The van der Waals surface area contributed by atoms with E-state index < -0.39 is 11.6 Å². The van der Waals surface area contributed by atoms with Crippen LogP contribution in [0, 0.1) is 11.8 Å². The maximum atomic E-state index is 12.7. The normalized spacial score (nSPS) is 27.7. The number of amides is 4. The van der Waals surface area contributed by atoms with Crippen LogP contribution in [-0.2, 0) is 9.59 Å². The second-order valence-electron chi connectivity index (χ2n) is 7.33. The molecule has 0 aromatic rings.